The maximum atomic E-state index is 5.53. The standard InChI is InChI=1S/C13H14N4S/c1-9-3-2-4-11-12(9)16-13(18-11)10-7-17(6-5-14)8-15-10/h2-4,7-8H,5-6,14H2,1H3. The number of rotatable bonds is 3. The molecule has 0 atom stereocenters. The molecule has 5 heteroatoms. The van der Waals surface area contributed by atoms with Gasteiger partial charge in [0, 0.05) is 19.3 Å². The maximum Gasteiger partial charge on any atom is 0.144 e. The van der Waals surface area contributed by atoms with E-state index in [0.29, 0.717) is 6.54 Å². The van der Waals surface area contributed by atoms with E-state index >= 15 is 0 Å². The Balaban J connectivity index is 2.05. The summed E-state index contributed by atoms with van der Waals surface area (Å²) < 4.78 is 3.20. The Morgan fingerprint density at radius 1 is 1.39 bits per heavy atom. The number of hydrogen-bond acceptors (Lipinski definition) is 4. The van der Waals surface area contributed by atoms with Gasteiger partial charge in [-0.05, 0) is 18.6 Å². The van der Waals surface area contributed by atoms with E-state index in [4.69, 9.17) is 5.73 Å². The fourth-order valence-corrected chi connectivity index (χ4v) is 2.94. The first-order valence-electron chi connectivity index (χ1n) is 5.86. The van der Waals surface area contributed by atoms with E-state index in [1.54, 1.807) is 17.7 Å². The van der Waals surface area contributed by atoms with Gasteiger partial charge in [0.2, 0.25) is 0 Å². The highest BCUT2D eigenvalue weighted by Gasteiger charge is 2.09. The quantitative estimate of drug-likeness (QED) is 0.785. The van der Waals surface area contributed by atoms with E-state index in [-0.39, 0.29) is 0 Å². The molecule has 0 aliphatic heterocycles. The number of para-hydroxylation sites is 1. The number of imidazole rings is 1. The lowest BCUT2D eigenvalue weighted by molar-refractivity contribution is 0.708. The van der Waals surface area contributed by atoms with Crippen molar-refractivity contribution >= 4 is 21.6 Å². The van der Waals surface area contributed by atoms with E-state index in [1.165, 1.54) is 10.3 Å². The minimum absolute atomic E-state index is 0.620. The first-order valence-corrected chi connectivity index (χ1v) is 6.68. The number of benzene rings is 1. The molecule has 2 aromatic heterocycles. The average Bonchev–Trinajstić information content (AvgIpc) is 2.96. The summed E-state index contributed by atoms with van der Waals surface area (Å²) in [4.78, 5) is 9.05. The Morgan fingerprint density at radius 3 is 3.06 bits per heavy atom. The van der Waals surface area contributed by atoms with Crippen molar-refractivity contribution in [2.45, 2.75) is 13.5 Å². The first-order chi connectivity index (χ1) is 8.78. The molecule has 0 saturated carbocycles. The number of aromatic nitrogens is 3. The van der Waals surface area contributed by atoms with Crippen LogP contribution in [0.1, 0.15) is 5.56 Å². The normalized spacial score (nSPS) is 11.2. The number of nitrogens with two attached hydrogens (primary N) is 1. The monoisotopic (exact) mass is 258 g/mol. The van der Waals surface area contributed by atoms with Crippen LogP contribution in [-0.2, 0) is 6.54 Å². The molecule has 92 valence electrons. The van der Waals surface area contributed by atoms with Gasteiger partial charge in [-0.3, -0.25) is 0 Å². The molecule has 3 aromatic rings. The number of fused-ring (bicyclic) bond motifs is 1. The van der Waals surface area contributed by atoms with E-state index in [2.05, 4.69) is 35.1 Å². The van der Waals surface area contributed by atoms with Gasteiger partial charge in [0.05, 0.1) is 16.5 Å². The maximum absolute atomic E-state index is 5.53. The minimum atomic E-state index is 0.620. The molecule has 1 aromatic carbocycles. The van der Waals surface area contributed by atoms with Crippen LogP contribution < -0.4 is 5.73 Å². The van der Waals surface area contributed by atoms with E-state index in [9.17, 15) is 0 Å². The lowest BCUT2D eigenvalue weighted by Crippen LogP contribution is -2.07. The molecule has 2 N–H and O–H groups in total. The topological polar surface area (TPSA) is 56.7 Å². The van der Waals surface area contributed by atoms with Crippen LogP contribution in [0.15, 0.2) is 30.7 Å². The van der Waals surface area contributed by atoms with Crippen LogP contribution >= 0.6 is 11.3 Å². The summed E-state index contributed by atoms with van der Waals surface area (Å²) in [6, 6.07) is 6.24. The van der Waals surface area contributed by atoms with Crippen LogP contribution in [0, 0.1) is 6.92 Å². The van der Waals surface area contributed by atoms with Gasteiger partial charge in [-0.2, -0.15) is 0 Å². The number of hydrogen-bond donors (Lipinski definition) is 1. The van der Waals surface area contributed by atoms with Crippen molar-refractivity contribution in [2.24, 2.45) is 5.73 Å². The van der Waals surface area contributed by atoms with Crippen LogP contribution in [0.25, 0.3) is 20.9 Å². The van der Waals surface area contributed by atoms with Gasteiger partial charge in [0.25, 0.3) is 0 Å². The Morgan fingerprint density at radius 2 is 2.28 bits per heavy atom. The van der Waals surface area contributed by atoms with Crippen molar-refractivity contribution < 1.29 is 0 Å². The van der Waals surface area contributed by atoms with Gasteiger partial charge in [-0.15, -0.1) is 11.3 Å². The molecule has 0 saturated heterocycles. The van der Waals surface area contributed by atoms with Crippen LogP contribution in [0.3, 0.4) is 0 Å². The van der Waals surface area contributed by atoms with E-state index < -0.39 is 0 Å². The van der Waals surface area contributed by atoms with Gasteiger partial charge in [-0.25, -0.2) is 9.97 Å². The number of aryl methyl sites for hydroxylation is 1. The second-order valence-electron chi connectivity index (χ2n) is 4.23. The van der Waals surface area contributed by atoms with Crippen molar-refractivity contribution in [3.8, 4) is 10.7 Å². The molecule has 0 aliphatic carbocycles. The Kier molecular flexibility index (Phi) is 2.85. The molecule has 0 spiro atoms. The summed E-state index contributed by atoms with van der Waals surface area (Å²) in [5, 5.41) is 0.968. The summed E-state index contributed by atoms with van der Waals surface area (Å²) in [6.07, 6.45) is 3.81. The van der Waals surface area contributed by atoms with Crippen molar-refractivity contribution in [1.29, 1.82) is 0 Å². The molecule has 0 aliphatic rings. The zero-order valence-corrected chi connectivity index (χ0v) is 10.9. The van der Waals surface area contributed by atoms with Gasteiger partial charge >= 0.3 is 0 Å². The molecule has 0 radical (unpaired) electrons. The predicted molar refractivity (Wildman–Crippen MR) is 74.6 cm³/mol. The highest BCUT2D eigenvalue weighted by atomic mass is 32.1. The summed E-state index contributed by atoms with van der Waals surface area (Å²) >= 11 is 1.68. The zero-order chi connectivity index (χ0) is 12.5. The van der Waals surface area contributed by atoms with Crippen LogP contribution in [0.2, 0.25) is 0 Å². The Labute approximate surface area is 109 Å². The third-order valence-corrected chi connectivity index (χ3v) is 3.90. The molecule has 0 fully saturated rings. The number of nitrogens with zero attached hydrogens (tertiary/aromatic N) is 3. The fraction of sp³-hybridized carbons (Fsp3) is 0.231. The molecule has 4 nitrogen and oxygen atoms in total. The SMILES string of the molecule is Cc1cccc2sc(-c3cn(CCN)cn3)nc12. The van der Waals surface area contributed by atoms with Gasteiger partial charge in [-0.1, -0.05) is 12.1 Å². The van der Waals surface area contributed by atoms with Crippen LogP contribution in [0.5, 0.6) is 0 Å². The molecule has 2 heterocycles. The Hall–Kier alpha value is -1.72. The van der Waals surface area contributed by atoms with Gasteiger partial charge in [0.15, 0.2) is 0 Å². The third kappa shape index (κ3) is 1.91. The van der Waals surface area contributed by atoms with Gasteiger partial charge < -0.3 is 10.3 Å². The molecule has 0 unspecified atom stereocenters. The largest absolute Gasteiger partial charge is 0.335 e. The predicted octanol–water partition coefficient (Wildman–Crippen LogP) is 2.43. The molecule has 0 bridgehead atoms. The van der Waals surface area contributed by atoms with Crippen LogP contribution in [-0.4, -0.2) is 21.1 Å². The molecule has 18 heavy (non-hydrogen) atoms. The second-order valence-corrected chi connectivity index (χ2v) is 5.26. The smallest absolute Gasteiger partial charge is 0.144 e. The van der Waals surface area contributed by atoms with E-state index in [1.807, 2.05) is 10.8 Å². The summed E-state index contributed by atoms with van der Waals surface area (Å²) in [5.41, 5.74) is 8.73. The molecular weight excluding hydrogens is 244 g/mol. The highest BCUT2D eigenvalue weighted by Crippen LogP contribution is 2.30. The fourth-order valence-electron chi connectivity index (χ4n) is 1.94. The van der Waals surface area contributed by atoms with E-state index in [0.717, 1.165) is 22.8 Å². The zero-order valence-electron chi connectivity index (χ0n) is 10.1. The molecular formula is C13H14N4S. The average molecular weight is 258 g/mol. The summed E-state index contributed by atoms with van der Waals surface area (Å²) in [7, 11) is 0. The number of thiazole rings is 1. The van der Waals surface area contributed by atoms with Crippen LogP contribution in [0.4, 0.5) is 0 Å². The minimum Gasteiger partial charge on any atom is -0.335 e. The van der Waals surface area contributed by atoms with Crippen molar-refractivity contribution in [3.05, 3.63) is 36.3 Å². The van der Waals surface area contributed by atoms with Gasteiger partial charge in [0.1, 0.15) is 10.7 Å². The van der Waals surface area contributed by atoms with Crippen molar-refractivity contribution in [2.75, 3.05) is 6.54 Å². The third-order valence-electron chi connectivity index (χ3n) is 2.86. The summed E-state index contributed by atoms with van der Waals surface area (Å²) in [5.74, 6) is 0. The molecule has 3 rings (SSSR count). The molecule has 0 amide bonds. The highest BCUT2D eigenvalue weighted by molar-refractivity contribution is 7.21. The first kappa shape index (κ1) is 11.4. The lowest BCUT2D eigenvalue weighted by atomic mass is 10.2. The lowest BCUT2D eigenvalue weighted by Gasteiger charge is -1.94. The van der Waals surface area contributed by atoms with Crippen molar-refractivity contribution in [3.63, 3.8) is 0 Å². The summed E-state index contributed by atoms with van der Waals surface area (Å²) in [6.45, 7) is 3.49. The second kappa shape index (κ2) is 4.51. The van der Waals surface area contributed by atoms with Crippen molar-refractivity contribution in [1.82, 2.24) is 14.5 Å². The Bertz CT molecular complexity index is 683.